The summed E-state index contributed by atoms with van der Waals surface area (Å²) in [6.07, 6.45) is 1.62. The number of carboxylic acid groups (broad SMARTS) is 1. The number of halogens is 1. The molecule has 1 N–H and O–H groups in total. The second-order valence-corrected chi connectivity index (χ2v) is 5.04. The lowest BCUT2D eigenvalue weighted by atomic mass is 10.1. The molecule has 2 aromatic carbocycles. The second kappa shape index (κ2) is 5.31. The Morgan fingerprint density at radius 3 is 2.36 bits per heavy atom. The van der Waals surface area contributed by atoms with Gasteiger partial charge in [-0.05, 0) is 11.5 Å². The van der Waals surface area contributed by atoms with E-state index in [1.807, 2.05) is 40.8 Å². The second-order valence-electron chi connectivity index (χ2n) is 5.04. The maximum absolute atomic E-state index is 11.1. The lowest BCUT2D eigenvalue weighted by Crippen LogP contribution is -2.04. The van der Waals surface area contributed by atoms with Crippen LogP contribution in [0.5, 0.6) is 0 Å². The van der Waals surface area contributed by atoms with E-state index in [0.717, 1.165) is 27.3 Å². The highest BCUT2D eigenvalue weighted by molar-refractivity contribution is 6.11. The van der Waals surface area contributed by atoms with E-state index >= 15 is 0 Å². The predicted octanol–water partition coefficient (Wildman–Crippen LogP) is 3.69. The molecule has 4 nitrogen and oxygen atoms in total. The van der Waals surface area contributed by atoms with Gasteiger partial charge in [0.15, 0.2) is 0 Å². The predicted molar refractivity (Wildman–Crippen MR) is 88.8 cm³/mol. The van der Waals surface area contributed by atoms with Crippen molar-refractivity contribution in [2.24, 2.45) is 0 Å². The van der Waals surface area contributed by atoms with Crippen molar-refractivity contribution in [1.29, 1.82) is 0 Å². The van der Waals surface area contributed by atoms with Crippen LogP contribution in [0.15, 0.2) is 54.7 Å². The number of para-hydroxylation sites is 1. The highest BCUT2D eigenvalue weighted by Crippen LogP contribution is 2.29. The van der Waals surface area contributed by atoms with Crippen molar-refractivity contribution in [3.8, 4) is 0 Å². The average molecular weight is 313 g/mol. The van der Waals surface area contributed by atoms with Gasteiger partial charge in [-0.1, -0.05) is 42.5 Å². The number of aromatic nitrogens is 2. The fourth-order valence-corrected chi connectivity index (χ4v) is 2.93. The van der Waals surface area contributed by atoms with Crippen molar-refractivity contribution in [2.45, 2.75) is 6.42 Å². The van der Waals surface area contributed by atoms with Gasteiger partial charge in [0, 0.05) is 17.0 Å². The third-order valence-electron chi connectivity index (χ3n) is 3.77. The smallest absolute Gasteiger partial charge is 0.309 e. The Bertz CT molecular complexity index is 1010. The molecule has 0 aliphatic heterocycles. The first kappa shape index (κ1) is 14.4. The first-order valence-electron chi connectivity index (χ1n) is 6.73. The minimum Gasteiger partial charge on any atom is -0.481 e. The number of hydrogen-bond donors (Lipinski definition) is 1. The molecule has 0 spiro atoms. The van der Waals surface area contributed by atoms with E-state index in [1.54, 1.807) is 6.20 Å². The van der Waals surface area contributed by atoms with E-state index in [0.29, 0.717) is 5.69 Å². The quantitative estimate of drug-likeness (QED) is 0.574. The molecule has 0 saturated carbocycles. The number of hydrogen-bond acceptors (Lipinski definition) is 2. The number of carboxylic acids is 1. The van der Waals surface area contributed by atoms with Crippen molar-refractivity contribution in [3.63, 3.8) is 0 Å². The Labute approximate surface area is 132 Å². The summed E-state index contributed by atoms with van der Waals surface area (Å²) < 4.78 is 1.95. The first-order valence-corrected chi connectivity index (χ1v) is 6.73. The van der Waals surface area contributed by atoms with Crippen LogP contribution in [0.4, 0.5) is 0 Å². The fraction of sp³-hybridized carbons (Fsp3) is 0.0588. The van der Waals surface area contributed by atoms with E-state index in [2.05, 4.69) is 17.1 Å². The molecule has 4 aromatic rings. The number of nitrogens with zero attached hydrogens (tertiary/aromatic N) is 2. The molecule has 0 radical (unpaired) electrons. The zero-order valence-electron chi connectivity index (χ0n) is 11.6. The van der Waals surface area contributed by atoms with Gasteiger partial charge in [0.1, 0.15) is 5.65 Å². The molecule has 0 aliphatic carbocycles. The molecule has 0 unspecified atom stereocenters. The third kappa shape index (κ3) is 2.00. The summed E-state index contributed by atoms with van der Waals surface area (Å²) in [4.78, 5) is 15.5. The molecule has 2 aromatic heterocycles. The molecular formula is C17H13ClN2O2. The molecule has 0 bridgehead atoms. The van der Waals surface area contributed by atoms with Gasteiger partial charge in [0.05, 0.1) is 17.6 Å². The van der Waals surface area contributed by atoms with E-state index in [1.165, 1.54) is 0 Å². The van der Waals surface area contributed by atoms with Crippen molar-refractivity contribution in [3.05, 3.63) is 60.4 Å². The lowest BCUT2D eigenvalue weighted by molar-refractivity contribution is -0.136. The maximum Gasteiger partial charge on any atom is 0.309 e. The number of rotatable bonds is 2. The van der Waals surface area contributed by atoms with Gasteiger partial charge in [-0.15, -0.1) is 12.4 Å². The summed E-state index contributed by atoms with van der Waals surface area (Å²) in [6.45, 7) is 0. The zero-order chi connectivity index (χ0) is 14.4. The molecule has 5 heteroatoms. The summed E-state index contributed by atoms with van der Waals surface area (Å²) in [5, 5.41) is 12.4. The van der Waals surface area contributed by atoms with Crippen LogP contribution in [0.25, 0.3) is 27.3 Å². The van der Waals surface area contributed by atoms with Gasteiger partial charge in [-0.2, -0.15) is 0 Å². The molecule has 0 atom stereocenters. The van der Waals surface area contributed by atoms with Gasteiger partial charge in [-0.25, -0.2) is 4.98 Å². The Balaban J connectivity index is 0.00000144. The SMILES string of the molecule is Cl.O=C(O)Cc1cnc2c3ccccc3c3ccccc3n12. The molecule has 2 heterocycles. The lowest BCUT2D eigenvalue weighted by Gasteiger charge is -2.09. The standard InChI is InChI=1S/C17H12N2O2.ClH/c20-16(21)9-11-10-18-17-14-7-2-1-5-12(14)13-6-3-4-8-15(13)19(11)17;/h1-8,10H,9H2,(H,20,21);1H. The number of imidazole rings is 1. The van der Waals surface area contributed by atoms with Gasteiger partial charge >= 0.3 is 5.97 Å². The normalized spacial score (nSPS) is 10.9. The third-order valence-corrected chi connectivity index (χ3v) is 3.77. The molecule has 4 rings (SSSR count). The van der Waals surface area contributed by atoms with Crippen LogP contribution in [0.3, 0.4) is 0 Å². The van der Waals surface area contributed by atoms with Gasteiger partial charge in [-0.3, -0.25) is 9.20 Å². The van der Waals surface area contributed by atoms with Gasteiger partial charge in [0.25, 0.3) is 0 Å². The minimum absolute atomic E-state index is 0. The summed E-state index contributed by atoms with van der Waals surface area (Å²) in [5.74, 6) is -0.853. The molecular weight excluding hydrogens is 300 g/mol. The molecule has 0 amide bonds. The van der Waals surface area contributed by atoms with Crippen molar-refractivity contribution >= 4 is 45.7 Å². The van der Waals surface area contributed by atoms with Crippen molar-refractivity contribution < 1.29 is 9.90 Å². The van der Waals surface area contributed by atoms with Crippen molar-refractivity contribution in [1.82, 2.24) is 9.38 Å². The topological polar surface area (TPSA) is 54.6 Å². The highest BCUT2D eigenvalue weighted by Gasteiger charge is 2.13. The van der Waals surface area contributed by atoms with E-state index in [4.69, 9.17) is 5.11 Å². The Morgan fingerprint density at radius 1 is 1.00 bits per heavy atom. The maximum atomic E-state index is 11.1. The van der Waals surface area contributed by atoms with Crippen LogP contribution < -0.4 is 0 Å². The van der Waals surface area contributed by atoms with Crippen LogP contribution in [0.2, 0.25) is 0 Å². The Hall–Kier alpha value is -2.59. The summed E-state index contributed by atoms with van der Waals surface area (Å²) in [5.41, 5.74) is 2.49. The summed E-state index contributed by atoms with van der Waals surface area (Å²) >= 11 is 0. The van der Waals surface area contributed by atoms with Crippen LogP contribution in [0, 0.1) is 0 Å². The monoisotopic (exact) mass is 312 g/mol. The largest absolute Gasteiger partial charge is 0.481 e. The van der Waals surface area contributed by atoms with E-state index in [-0.39, 0.29) is 18.8 Å². The first-order chi connectivity index (χ1) is 10.3. The number of pyridine rings is 1. The molecule has 22 heavy (non-hydrogen) atoms. The average Bonchev–Trinajstić information content (AvgIpc) is 2.91. The minimum atomic E-state index is -0.853. The fourth-order valence-electron chi connectivity index (χ4n) is 2.93. The summed E-state index contributed by atoms with van der Waals surface area (Å²) in [6, 6.07) is 16.1. The Kier molecular flexibility index (Phi) is 3.47. The van der Waals surface area contributed by atoms with Crippen LogP contribution >= 0.6 is 12.4 Å². The number of fused-ring (bicyclic) bond motifs is 6. The van der Waals surface area contributed by atoms with Crippen LogP contribution in [-0.4, -0.2) is 20.5 Å². The van der Waals surface area contributed by atoms with Gasteiger partial charge in [0.2, 0.25) is 0 Å². The Morgan fingerprint density at radius 2 is 1.64 bits per heavy atom. The molecule has 0 fully saturated rings. The molecule has 0 aliphatic rings. The van der Waals surface area contributed by atoms with E-state index < -0.39 is 5.97 Å². The number of benzene rings is 2. The molecule has 110 valence electrons. The summed E-state index contributed by atoms with van der Waals surface area (Å²) in [7, 11) is 0. The van der Waals surface area contributed by atoms with Crippen LogP contribution in [-0.2, 0) is 11.2 Å². The van der Waals surface area contributed by atoms with E-state index in [9.17, 15) is 4.79 Å². The molecule has 0 saturated heterocycles. The van der Waals surface area contributed by atoms with Crippen molar-refractivity contribution in [2.75, 3.05) is 0 Å². The zero-order valence-corrected chi connectivity index (χ0v) is 12.4. The van der Waals surface area contributed by atoms with Gasteiger partial charge < -0.3 is 5.11 Å². The van der Waals surface area contributed by atoms with Crippen LogP contribution in [0.1, 0.15) is 5.69 Å². The number of aliphatic carboxylic acids is 1. The highest BCUT2D eigenvalue weighted by atomic mass is 35.5. The number of carbonyl (C=O) groups is 1.